The molecule has 1 radical (unpaired) electrons. The molecule has 4 saturated carbocycles. The van der Waals surface area contributed by atoms with Crippen molar-refractivity contribution in [1.29, 1.82) is 0 Å². The Morgan fingerprint density at radius 2 is 1.59 bits per heavy atom. The fourth-order valence-corrected chi connectivity index (χ4v) is 10.7. The minimum Gasteiger partial charge on any atom is -0.393 e. The second-order valence-corrected chi connectivity index (χ2v) is 14.6. The number of allylic oxidation sites excluding steroid dienone is 2. The fourth-order valence-electron chi connectivity index (χ4n) is 10.7. The smallest absolute Gasteiger partial charge is 0.146 e. The third kappa shape index (κ3) is 6.17. The van der Waals surface area contributed by atoms with Crippen molar-refractivity contribution in [3.63, 3.8) is 0 Å². The van der Waals surface area contributed by atoms with Crippen molar-refractivity contribution in [2.45, 2.75) is 118 Å². The molecule has 4 rings (SSSR count). The van der Waals surface area contributed by atoms with Gasteiger partial charge in [0.05, 0.1) is 18.3 Å². The average Bonchev–Trinajstić information content (AvgIpc) is 3.12. The van der Waals surface area contributed by atoms with E-state index in [1.807, 2.05) is 0 Å². The maximum Gasteiger partial charge on any atom is 0.146 e. The maximum atomic E-state index is 11.7. The van der Waals surface area contributed by atoms with Gasteiger partial charge in [-0.15, -0.1) is 0 Å². The summed E-state index contributed by atoms with van der Waals surface area (Å²) in [6.45, 7) is 17.6. The number of aliphatic hydroxyl groups excluding tert-OH is 1. The van der Waals surface area contributed by atoms with Crippen molar-refractivity contribution in [2.75, 3.05) is 27.8 Å². The number of aliphatic hydroxyl groups is 1. The van der Waals surface area contributed by atoms with Gasteiger partial charge in [-0.1, -0.05) is 46.3 Å². The second kappa shape index (κ2) is 13.7. The van der Waals surface area contributed by atoms with Crippen LogP contribution in [0.2, 0.25) is 0 Å². The quantitative estimate of drug-likeness (QED) is 0.188. The monoisotopic (exact) mass is 761 g/mol. The van der Waals surface area contributed by atoms with Crippen LogP contribution in [0.15, 0.2) is 11.6 Å². The van der Waals surface area contributed by atoms with Gasteiger partial charge in [0.25, 0.3) is 0 Å². The summed E-state index contributed by atoms with van der Waals surface area (Å²) in [6.07, 6.45) is 11.4. The topological polar surface area (TPSA) is 57.2 Å². The number of methoxy groups -OCH3 is 2. The minimum absolute atomic E-state index is 0. The van der Waals surface area contributed by atoms with Crippen LogP contribution in [0.3, 0.4) is 0 Å². The molecule has 39 heavy (non-hydrogen) atoms. The molecule has 5 nitrogen and oxygen atoms in total. The van der Waals surface area contributed by atoms with E-state index in [0.29, 0.717) is 49.1 Å². The molecule has 0 aromatic carbocycles. The Morgan fingerprint density at radius 3 is 2.21 bits per heavy atom. The Kier molecular flexibility index (Phi) is 12.1. The van der Waals surface area contributed by atoms with Crippen molar-refractivity contribution in [3.05, 3.63) is 11.6 Å². The number of hydrogen-bond donors (Lipinski definition) is 1. The summed E-state index contributed by atoms with van der Waals surface area (Å²) >= 11 is 0. The molecule has 6 heteroatoms. The van der Waals surface area contributed by atoms with Crippen LogP contribution in [0.5, 0.6) is 0 Å². The summed E-state index contributed by atoms with van der Waals surface area (Å²) in [6, 6.07) is 0. The van der Waals surface area contributed by atoms with Gasteiger partial charge in [-0.2, -0.15) is 0 Å². The molecule has 0 saturated heterocycles. The molecule has 0 bridgehead atoms. The molecule has 1 N–H and O–H groups in total. The normalized spacial score (nSPS) is 45.9. The Hall–Kier alpha value is 0.982. The van der Waals surface area contributed by atoms with Crippen LogP contribution in [-0.2, 0) is 18.9 Å². The predicted octanol–water partition coefficient (Wildman–Crippen LogP) is 7.22. The van der Waals surface area contributed by atoms with E-state index in [1.165, 1.54) is 18.4 Å². The van der Waals surface area contributed by atoms with Crippen molar-refractivity contribution in [3.8, 4) is 0 Å². The summed E-state index contributed by atoms with van der Waals surface area (Å²) in [5.74, 6) is 2.86. The zero-order chi connectivity index (χ0) is 27.9. The molecule has 0 aromatic heterocycles. The van der Waals surface area contributed by atoms with Crippen LogP contribution in [0.4, 0.5) is 0 Å². The number of fused-ring (bicyclic) bond motifs is 5. The first-order chi connectivity index (χ1) is 17.9. The molecule has 4 aliphatic carbocycles. The van der Waals surface area contributed by atoms with Gasteiger partial charge in [0, 0.05) is 58.3 Å². The van der Waals surface area contributed by atoms with Gasteiger partial charge in [-0.05, 0) is 117 Å². The largest absolute Gasteiger partial charge is 0.393 e. The molecule has 0 aliphatic heterocycles. The fraction of sp³-hybridized carbons (Fsp3) is 0.939. The molecule has 12 atom stereocenters. The van der Waals surface area contributed by atoms with Crippen LogP contribution in [0.25, 0.3) is 0 Å². The molecule has 0 spiro atoms. The summed E-state index contributed by atoms with van der Waals surface area (Å²) in [5.41, 5.74) is 1.80. The second-order valence-electron chi connectivity index (χ2n) is 14.6. The van der Waals surface area contributed by atoms with E-state index in [1.54, 1.807) is 14.2 Å². The molecule has 12 unspecified atom stereocenters. The van der Waals surface area contributed by atoms with Gasteiger partial charge in [0.15, 0.2) is 0 Å². The van der Waals surface area contributed by atoms with Gasteiger partial charge < -0.3 is 24.1 Å². The van der Waals surface area contributed by atoms with Crippen molar-refractivity contribution < 1.29 is 68.1 Å². The average molecular weight is 762 g/mol. The van der Waals surface area contributed by atoms with Gasteiger partial charge in [0.1, 0.15) is 13.6 Å². The van der Waals surface area contributed by atoms with E-state index >= 15 is 0 Å². The molecular weight excluding hydrogens is 703 g/mol. The zero-order valence-electron chi connectivity index (χ0n) is 26.5. The molecule has 0 amide bonds. The SMILES string of the molecule is COCOC1CCC2(C)C(CCC3(C)C2C(OCOC)CC2C(C(C)CCC=C(C)C)C(O)CC23C)C1C.[Ac]. The predicted molar refractivity (Wildman–Crippen MR) is 152 cm³/mol. The maximum absolute atomic E-state index is 11.7. The van der Waals surface area contributed by atoms with Gasteiger partial charge in [0.2, 0.25) is 0 Å². The molecule has 223 valence electrons. The number of ether oxygens (including phenoxy) is 4. The van der Waals surface area contributed by atoms with E-state index in [4.69, 9.17) is 18.9 Å². The Bertz CT molecular complexity index is 831. The first-order valence-corrected chi connectivity index (χ1v) is 15.5. The summed E-state index contributed by atoms with van der Waals surface area (Å²) in [5, 5.41) is 11.7. The van der Waals surface area contributed by atoms with E-state index in [2.05, 4.69) is 54.5 Å². The number of rotatable bonds is 10. The zero-order valence-corrected chi connectivity index (χ0v) is 31.2. The van der Waals surface area contributed by atoms with Crippen LogP contribution < -0.4 is 0 Å². The van der Waals surface area contributed by atoms with Crippen LogP contribution in [0, 0.1) is 95.8 Å². The summed E-state index contributed by atoms with van der Waals surface area (Å²) < 4.78 is 23.6. The van der Waals surface area contributed by atoms with Crippen LogP contribution in [-0.4, -0.2) is 51.2 Å². The van der Waals surface area contributed by atoms with E-state index in [-0.39, 0.29) is 78.6 Å². The van der Waals surface area contributed by atoms with E-state index in [0.717, 1.165) is 38.5 Å². The van der Waals surface area contributed by atoms with Crippen molar-refractivity contribution in [2.24, 2.45) is 51.8 Å². The van der Waals surface area contributed by atoms with Gasteiger partial charge >= 0.3 is 0 Å². The standard InChI is InChI=1S/C33H58O5.Ac/c1-21(2)11-10-12-22(3)29-25-17-28(38-20-36-9)30-31(5)15-14-27(37-19-35-8)23(4)24(31)13-16-32(30,6)33(25,7)18-26(29)34;/h11,22-30,34H,10,12-20H2,1-9H3;. The molecule has 4 aliphatic rings. The Balaban J connectivity index is 0.00000420. The first kappa shape index (κ1) is 34.5. The van der Waals surface area contributed by atoms with E-state index < -0.39 is 0 Å². The van der Waals surface area contributed by atoms with Crippen LogP contribution >= 0.6 is 0 Å². The van der Waals surface area contributed by atoms with Crippen molar-refractivity contribution >= 4 is 0 Å². The van der Waals surface area contributed by atoms with E-state index in [9.17, 15) is 5.11 Å². The summed E-state index contributed by atoms with van der Waals surface area (Å²) in [7, 11) is 3.46. The molecule has 0 heterocycles. The molecular formula is C33H58AcO5. The van der Waals surface area contributed by atoms with Gasteiger partial charge in [-0.25, -0.2) is 0 Å². The number of hydrogen-bond acceptors (Lipinski definition) is 5. The van der Waals surface area contributed by atoms with Crippen molar-refractivity contribution in [1.82, 2.24) is 0 Å². The molecule has 0 aromatic rings. The van der Waals surface area contributed by atoms with Gasteiger partial charge in [-0.3, -0.25) is 0 Å². The Labute approximate surface area is 275 Å². The molecule has 4 fully saturated rings. The Morgan fingerprint density at radius 1 is 0.949 bits per heavy atom. The summed E-state index contributed by atoms with van der Waals surface area (Å²) in [4.78, 5) is 0. The third-order valence-corrected chi connectivity index (χ3v) is 12.6. The minimum atomic E-state index is -0.229. The third-order valence-electron chi connectivity index (χ3n) is 12.6. The first-order valence-electron chi connectivity index (χ1n) is 15.5. The van der Waals surface area contributed by atoms with Crippen LogP contribution in [0.1, 0.15) is 99.8 Å².